The molecule has 2 unspecified atom stereocenters. The van der Waals surface area contributed by atoms with Crippen molar-refractivity contribution in [2.45, 2.75) is 44.4 Å². The molecule has 0 aromatic heterocycles. The minimum absolute atomic E-state index is 0.104. The SMILES string of the molecule is CC(C)C(=O)NCC1CCCCC1Br. The predicted molar refractivity (Wildman–Crippen MR) is 62.5 cm³/mol. The van der Waals surface area contributed by atoms with E-state index >= 15 is 0 Å². The molecule has 82 valence electrons. The smallest absolute Gasteiger partial charge is 0.222 e. The van der Waals surface area contributed by atoms with E-state index < -0.39 is 0 Å². The van der Waals surface area contributed by atoms with E-state index in [1.54, 1.807) is 0 Å². The van der Waals surface area contributed by atoms with E-state index in [2.05, 4.69) is 21.2 Å². The molecular weight excluding hydrogens is 242 g/mol. The van der Waals surface area contributed by atoms with Gasteiger partial charge in [0, 0.05) is 17.3 Å². The third-order valence-electron chi connectivity index (χ3n) is 2.88. The molecule has 0 aromatic rings. The van der Waals surface area contributed by atoms with Crippen molar-refractivity contribution in [1.29, 1.82) is 0 Å². The molecule has 14 heavy (non-hydrogen) atoms. The van der Waals surface area contributed by atoms with Gasteiger partial charge in [-0.3, -0.25) is 4.79 Å². The van der Waals surface area contributed by atoms with Gasteiger partial charge in [-0.1, -0.05) is 42.6 Å². The highest BCUT2D eigenvalue weighted by molar-refractivity contribution is 9.09. The second-order valence-corrected chi connectivity index (χ2v) is 5.64. The molecule has 1 amide bonds. The Labute approximate surface area is 95.0 Å². The zero-order valence-corrected chi connectivity index (χ0v) is 10.6. The number of hydrogen-bond donors (Lipinski definition) is 1. The predicted octanol–water partition coefficient (Wildman–Crippen LogP) is 2.71. The average molecular weight is 262 g/mol. The number of carbonyl (C=O) groups excluding carboxylic acids is 1. The van der Waals surface area contributed by atoms with Gasteiger partial charge in [0.1, 0.15) is 0 Å². The molecule has 1 N–H and O–H groups in total. The Morgan fingerprint density at radius 1 is 1.43 bits per heavy atom. The van der Waals surface area contributed by atoms with Crippen LogP contribution < -0.4 is 5.32 Å². The maximum Gasteiger partial charge on any atom is 0.222 e. The molecule has 0 heterocycles. The fourth-order valence-corrected chi connectivity index (χ4v) is 2.60. The zero-order chi connectivity index (χ0) is 10.6. The number of halogens is 1. The fourth-order valence-electron chi connectivity index (χ4n) is 1.83. The normalized spacial score (nSPS) is 27.7. The summed E-state index contributed by atoms with van der Waals surface area (Å²) < 4.78 is 0. The number of carbonyl (C=O) groups is 1. The van der Waals surface area contributed by atoms with Gasteiger partial charge in [-0.15, -0.1) is 0 Å². The van der Waals surface area contributed by atoms with Crippen LogP contribution in [0.2, 0.25) is 0 Å². The maximum absolute atomic E-state index is 11.4. The van der Waals surface area contributed by atoms with Crippen LogP contribution in [0.5, 0.6) is 0 Å². The summed E-state index contributed by atoms with van der Waals surface area (Å²) in [5.41, 5.74) is 0. The minimum atomic E-state index is 0.104. The van der Waals surface area contributed by atoms with E-state index in [4.69, 9.17) is 0 Å². The van der Waals surface area contributed by atoms with Crippen LogP contribution in [0.3, 0.4) is 0 Å². The zero-order valence-electron chi connectivity index (χ0n) is 9.05. The Balaban J connectivity index is 2.26. The number of amides is 1. The van der Waals surface area contributed by atoms with Crippen LogP contribution in [0.4, 0.5) is 0 Å². The molecule has 1 fully saturated rings. The molecular formula is C11H20BrNO. The molecule has 0 aromatic carbocycles. The van der Waals surface area contributed by atoms with E-state index in [1.165, 1.54) is 25.7 Å². The van der Waals surface area contributed by atoms with Crippen molar-refractivity contribution in [2.75, 3.05) is 6.54 Å². The summed E-state index contributed by atoms with van der Waals surface area (Å²) in [5.74, 6) is 0.911. The lowest BCUT2D eigenvalue weighted by molar-refractivity contribution is -0.124. The fraction of sp³-hybridized carbons (Fsp3) is 0.909. The summed E-state index contributed by atoms with van der Waals surface area (Å²) in [5, 5.41) is 3.01. The van der Waals surface area contributed by atoms with E-state index in [-0.39, 0.29) is 11.8 Å². The van der Waals surface area contributed by atoms with Crippen LogP contribution in [-0.2, 0) is 4.79 Å². The van der Waals surface area contributed by atoms with Gasteiger partial charge >= 0.3 is 0 Å². The third kappa shape index (κ3) is 3.60. The molecule has 1 rings (SSSR count). The summed E-state index contributed by atoms with van der Waals surface area (Å²) in [4.78, 5) is 12.0. The lowest BCUT2D eigenvalue weighted by atomic mass is 9.89. The Hall–Kier alpha value is -0.0500. The van der Waals surface area contributed by atoms with Crippen LogP contribution >= 0.6 is 15.9 Å². The largest absolute Gasteiger partial charge is 0.356 e. The maximum atomic E-state index is 11.4. The standard InChI is InChI=1S/C11H20BrNO/c1-8(2)11(14)13-7-9-5-3-4-6-10(9)12/h8-10H,3-7H2,1-2H3,(H,13,14). The molecule has 0 spiro atoms. The molecule has 2 atom stereocenters. The van der Waals surface area contributed by atoms with Crippen molar-refractivity contribution in [3.05, 3.63) is 0 Å². The van der Waals surface area contributed by atoms with Crippen LogP contribution in [0.15, 0.2) is 0 Å². The van der Waals surface area contributed by atoms with E-state index in [0.29, 0.717) is 10.7 Å². The molecule has 0 saturated heterocycles. The topological polar surface area (TPSA) is 29.1 Å². The third-order valence-corrected chi connectivity index (χ3v) is 4.08. The van der Waals surface area contributed by atoms with Gasteiger partial charge in [-0.25, -0.2) is 0 Å². The van der Waals surface area contributed by atoms with Gasteiger partial charge in [0.2, 0.25) is 5.91 Å². The Bertz CT molecular complexity index is 194. The first-order valence-electron chi connectivity index (χ1n) is 5.53. The Kier molecular flexibility index (Phi) is 4.93. The minimum Gasteiger partial charge on any atom is -0.356 e. The molecule has 0 radical (unpaired) electrons. The number of rotatable bonds is 3. The van der Waals surface area contributed by atoms with Gasteiger partial charge in [0.25, 0.3) is 0 Å². The lowest BCUT2D eigenvalue weighted by Gasteiger charge is -2.27. The Morgan fingerprint density at radius 3 is 2.64 bits per heavy atom. The summed E-state index contributed by atoms with van der Waals surface area (Å²) in [6.07, 6.45) is 5.13. The van der Waals surface area contributed by atoms with Gasteiger partial charge in [0.15, 0.2) is 0 Å². The lowest BCUT2D eigenvalue weighted by Crippen LogP contribution is -2.36. The monoisotopic (exact) mass is 261 g/mol. The highest BCUT2D eigenvalue weighted by Gasteiger charge is 2.23. The molecule has 0 aliphatic heterocycles. The number of hydrogen-bond acceptors (Lipinski definition) is 1. The molecule has 1 aliphatic carbocycles. The molecule has 0 bridgehead atoms. The van der Waals surface area contributed by atoms with Gasteiger partial charge < -0.3 is 5.32 Å². The quantitative estimate of drug-likeness (QED) is 0.778. The number of alkyl halides is 1. The Morgan fingerprint density at radius 2 is 2.07 bits per heavy atom. The molecule has 1 saturated carbocycles. The summed E-state index contributed by atoms with van der Waals surface area (Å²) in [6.45, 7) is 4.70. The van der Waals surface area contributed by atoms with Crippen LogP contribution in [-0.4, -0.2) is 17.3 Å². The molecule has 1 aliphatic rings. The first-order chi connectivity index (χ1) is 6.61. The average Bonchev–Trinajstić information content (AvgIpc) is 2.16. The molecule has 2 nitrogen and oxygen atoms in total. The van der Waals surface area contributed by atoms with E-state index in [0.717, 1.165) is 6.54 Å². The van der Waals surface area contributed by atoms with Crippen molar-refractivity contribution >= 4 is 21.8 Å². The summed E-state index contributed by atoms with van der Waals surface area (Å²) in [6, 6.07) is 0. The van der Waals surface area contributed by atoms with Gasteiger partial charge in [-0.05, 0) is 18.8 Å². The van der Waals surface area contributed by atoms with Crippen LogP contribution in [0.25, 0.3) is 0 Å². The van der Waals surface area contributed by atoms with Crippen molar-refractivity contribution in [3.8, 4) is 0 Å². The first kappa shape index (κ1) is 12.0. The van der Waals surface area contributed by atoms with Gasteiger partial charge in [0.05, 0.1) is 0 Å². The van der Waals surface area contributed by atoms with Crippen molar-refractivity contribution < 1.29 is 4.79 Å². The van der Waals surface area contributed by atoms with Crippen LogP contribution in [0.1, 0.15) is 39.5 Å². The van der Waals surface area contributed by atoms with Crippen LogP contribution in [0, 0.1) is 11.8 Å². The van der Waals surface area contributed by atoms with E-state index in [1.807, 2.05) is 13.8 Å². The second-order valence-electron chi connectivity index (χ2n) is 4.46. The number of nitrogens with one attached hydrogen (secondary N) is 1. The second kappa shape index (κ2) is 5.74. The first-order valence-corrected chi connectivity index (χ1v) is 6.44. The van der Waals surface area contributed by atoms with Crippen molar-refractivity contribution in [2.24, 2.45) is 11.8 Å². The highest BCUT2D eigenvalue weighted by Crippen LogP contribution is 2.29. The van der Waals surface area contributed by atoms with Crippen molar-refractivity contribution in [3.63, 3.8) is 0 Å². The summed E-state index contributed by atoms with van der Waals surface area (Å²) in [7, 11) is 0. The summed E-state index contributed by atoms with van der Waals surface area (Å²) >= 11 is 3.69. The van der Waals surface area contributed by atoms with Gasteiger partial charge in [-0.2, -0.15) is 0 Å². The van der Waals surface area contributed by atoms with E-state index in [9.17, 15) is 4.79 Å². The molecule has 3 heteroatoms. The van der Waals surface area contributed by atoms with Crippen molar-refractivity contribution in [1.82, 2.24) is 5.32 Å². The highest BCUT2D eigenvalue weighted by atomic mass is 79.9.